The molecule has 3 N–H and O–H groups in total. The number of benzene rings is 2. The molecule has 32 heavy (non-hydrogen) atoms. The first kappa shape index (κ1) is 23.4. The molecule has 2 aromatic carbocycles. The van der Waals surface area contributed by atoms with E-state index in [4.69, 9.17) is 10.5 Å². The molecule has 2 atom stereocenters. The summed E-state index contributed by atoms with van der Waals surface area (Å²) in [6.45, 7) is 3.45. The molecule has 0 aromatic heterocycles. The van der Waals surface area contributed by atoms with Gasteiger partial charge in [-0.25, -0.2) is 8.42 Å². The number of amides is 2. The summed E-state index contributed by atoms with van der Waals surface area (Å²) in [5, 5.41) is 2.58. The fraction of sp³-hybridized carbons (Fsp3) is 0.318. The third-order valence-corrected chi connectivity index (χ3v) is 7.12. The zero-order valence-electron chi connectivity index (χ0n) is 17.8. The number of sulfonamides is 1. The number of rotatable bonds is 7. The van der Waals surface area contributed by atoms with Gasteiger partial charge < -0.3 is 15.8 Å². The summed E-state index contributed by atoms with van der Waals surface area (Å²) in [6, 6.07) is 11.3. The molecule has 1 aliphatic heterocycles. The number of hydrogen-bond donors (Lipinski definition) is 2. The van der Waals surface area contributed by atoms with E-state index in [0.29, 0.717) is 24.1 Å². The molecule has 1 heterocycles. The van der Waals surface area contributed by atoms with Gasteiger partial charge in [0.05, 0.1) is 4.90 Å². The highest BCUT2D eigenvalue weighted by atomic mass is 32.2. The summed E-state index contributed by atoms with van der Waals surface area (Å²) in [4.78, 5) is 36.3. The number of nitrogens with two attached hydrogens (primary N) is 1. The minimum atomic E-state index is -3.87. The molecular formula is C22H25N3O6S. The summed E-state index contributed by atoms with van der Waals surface area (Å²) < 4.78 is 32.4. The second-order valence-corrected chi connectivity index (χ2v) is 9.49. The fourth-order valence-electron chi connectivity index (χ4n) is 3.38. The Labute approximate surface area is 186 Å². The van der Waals surface area contributed by atoms with Crippen molar-refractivity contribution < 1.29 is 27.5 Å². The van der Waals surface area contributed by atoms with E-state index in [1.165, 1.54) is 43.3 Å². The second-order valence-electron chi connectivity index (χ2n) is 7.60. The van der Waals surface area contributed by atoms with Crippen molar-refractivity contribution >= 4 is 33.5 Å². The van der Waals surface area contributed by atoms with Gasteiger partial charge >= 0.3 is 5.97 Å². The normalized spacial score (nSPS) is 17.5. The van der Waals surface area contributed by atoms with Crippen LogP contribution in [-0.4, -0.2) is 49.2 Å². The Morgan fingerprint density at radius 2 is 1.72 bits per heavy atom. The number of nitrogens with one attached hydrogen (secondary N) is 1. The van der Waals surface area contributed by atoms with Crippen LogP contribution in [0.5, 0.6) is 0 Å². The molecule has 2 aromatic rings. The van der Waals surface area contributed by atoms with Gasteiger partial charge in [0, 0.05) is 17.8 Å². The van der Waals surface area contributed by atoms with E-state index in [9.17, 15) is 22.8 Å². The van der Waals surface area contributed by atoms with E-state index in [1.807, 2.05) is 6.92 Å². The lowest BCUT2D eigenvalue weighted by Gasteiger charge is -2.24. The fourth-order valence-corrected chi connectivity index (χ4v) is 5.02. The van der Waals surface area contributed by atoms with Gasteiger partial charge in [0.2, 0.25) is 15.9 Å². The molecule has 0 radical (unpaired) electrons. The maximum atomic E-state index is 13.0. The van der Waals surface area contributed by atoms with E-state index < -0.39 is 40.0 Å². The molecule has 2 amide bonds. The quantitative estimate of drug-likeness (QED) is 0.606. The number of carbonyl (C=O) groups is 3. The molecule has 3 rings (SSSR count). The number of primary amides is 1. The number of anilines is 1. The first-order valence-corrected chi connectivity index (χ1v) is 11.5. The molecular weight excluding hydrogens is 434 g/mol. The van der Waals surface area contributed by atoms with Gasteiger partial charge in [-0.1, -0.05) is 17.7 Å². The zero-order valence-corrected chi connectivity index (χ0v) is 18.6. The summed E-state index contributed by atoms with van der Waals surface area (Å²) in [5.41, 5.74) is 6.79. The maximum absolute atomic E-state index is 13.0. The monoisotopic (exact) mass is 459 g/mol. The molecule has 9 nitrogen and oxygen atoms in total. The van der Waals surface area contributed by atoms with Gasteiger partial charge in [-0.3, -0.25) is 14.4 Å². The van der Waals surface area contributed by atoms with Crippen molar-refractivity contribution in [2.24, 2.45) is 5.73 Å². The molecule has 10 heteroatoms. The summed E-state index contributed by atoms with van der Waals surface area (Å²) in [7, 11) is -3.87. The average molecular weight is 460 g/mol. The molecule has 1 saturated heterocycles. The Hall–Kier alpha value is -3.24. The van der Waals surface area contributed by atoms with Crippen molar-refractivity contribution in [2.75, 3.05) is 11.9 Å². The Bertz CT molecular complexity index is 1110. The number of hydrogen-bond acceptors (Lipinski definition) is 6. The molecule has 0 bridgehead atoms. The molecule has 1 fully saturated rings. The van der Waals surface area contributed by atoms with Gasteiger partial charge in [0.25, 0.3) is 5.91 Å². The minimum Gasteiger partial charge on any atom is -0.451 e. The van der Waals surface area contributed by atoms with Gasteiger partial charge in [-0.05, 0) is 63.1 Å². The van der Waals surface area contributed by atoms with E-state index >= 15 is 0 Å². The van der Waals surface area contributed by atoms with E-state index in [0.717, 1.165) is 9.87 Å². The summed E-state index contributed by atoms with van der Waals surface area (Å²) in [6.07, 6.45) is -0.326. The number of ether oxygens (including phenoxy) is 1. The maximum Gasteiger partial charge on any atom is 0.325 e. The molecule has 1 aliphatic rings. The lowest BCUT2D eigenvalue weighted by molar-refractivity contribution is -0.156. The highest BCUT2D eigenvalue weighted by Crippen LogP contribution is 2.27. The third kappa shape index (κ3) is 5.14. The molecule has 0 unspecified atom stereocenters. The van der Waals surface area contributed by atoms with Crippen molar-refractivity contribution in [3.05, 3.63) is 59.7 Å². The Balaban J connectivity index is 1.65. The first-order chi connectivity index (χ1) is 15.1. The van der Waals surface area contributed by atoms with Crippen molar-refractivity contribution in [1.82, 2.24) is 4.31 Å². The predicted octanol–water partition coefficient (Wildman–Crippen LogP) is 1.82. The van der Waals surface area contributed by atoms with Crippen molar-refractivity contribution in [3.63, 3.8) is 0 Å². The lowest BCUT2D eigenvalue weighted by Crippen LogP contribution is -2.43. The van der Waals surface area contributed by atoms with Crippen LogP contribution >= 0.6 is 0 Å². The van der Waals surface area contributed by atoms with Crippen molar-refractivity contribution in [1.29, 1.82) is 0 Å². The van der Waals surface area contributed by atoms with Crippen LogP contribution in [0, 0.1) is 6.92 Å². The van der Waals surface area contributed by atoms with E-state index in [2.05, 4.69) is 5.32 Å². The number of esters is 1. The van der Waals surface area contributed by atoms with Crippen LogP contribution in [0.15, 0.2) is 53.4 Å². The average Bonchev–Trinajstić information content (AvgIpc) is 3.25. The predicted molar refractivity (Wildman–Crippen MR) is 117 cm³/mol. The van der Waals surface area contributed by atoms with Gasteiger partial charge in [-0.15, -0.1) is 0 Å². The zero-order chi connectivity index (χ0) is 23.5. The first-order valence-electron chi connectivity index (χ1n) is 10.1. The molecule has 0 saturated carbocycles. The summed E-state index contributed by atoms with van der Waals surface area (Å²) >= 11 is 0. The van der Waals surface area contributed by atoms with Crippen LogP contribution in [0.1, 0.15) is 35.7 Å². The molecule has 170 valence electrons. The summed E-state index contributed by atoms with van der Waals surface area (Å²) in [5.74, 6) is -1.95. The van der Waals surface area contributed by atoms with Crippen molar-refractivity contribution in [2.45, 2.75) is 43.7 Å². The number of aryl methyl sites for hydroxylation is 1. The Kier molecular flexibility index (Phi) is 6.95. The van der Waals surface area contributed by atoms with Crippen LogP contribution in [-0.2, 0) is 24.3 Å². The number of carbonyl (C=O) groups excluding carboxylic acids is 3. The topological polar surface area (TPSA) is 136 Å². The smallest absolute Gasteiger partial charge is 0.325 e. The van der Waals surface area contributed by atoms with Crippen LogP contribution in [0.3, 0.4) is 0 Å². The van der Waals surface area contributed by atoms with E-state index in [-0.39, 0.29) is 11.4 Å². The number of nitrogens with zero attached hydrogens (tertiary/aromatic N) is 1. The molecule has 0 spiro atoms. The highest BCUT2D eigenvalue weighted by Gasteiger charge is 2.41. The Morgan fingerprint density at radius 1 is 1.09 bits per heavy atom. The minimum absolute atomic E-state index is 0.105. The molecule has 0 aliphatic carbocycles. The van der Waals surface area contributed by atoms with Gasteiger partial charge in [0.1, 0.15) is 6.04 Å². The van der Waals surface area contributed by atoms with Gasteiger partial charge in [-0.2, -0.15) is 4.31 Å². The van der Waals surface area contributed by atoms with Crippen LogP contribution in [0.4, 0.5) is 5.69 Å². The lowest BCUT2D eigenvalue weighted by atomic mass is 10.2. The Morgan fingerprint density at radius 3 is 2.31 bits per heavy atom. The van der Waals surface area contributed by atoms with Gasteiger partial charge in [0.15, 0.2) is 6.10 Å². The third-order valence-electron chi connectivity index (χ3n) is 5.20. The largest absolute Gasteiger partial charge is 0.451 e. The van der Waals surface area contributed by atoms with Crippen LogP contribution < -0.4 is 11.1 Å². The second kappa shape index (κ2) is 9.49. The standard InChI is InChI=1S/C22H25N3O6S/c1-14-5-11-18(12-6-14)32(29,30)25-13-3-4-19(25)22(28)31-15(2)21(27)24-17-9-7-16(8-10-17)20(23)26/h5-12,15,19H,3-4,13H2,1-2H3,(H2,23,26)(H,24,27)/t15-,19+/m1/s1. The van der Waals surface area contributed by atoms with Crippen LogP contribution in [0.25, 0.3) is 0 Å². The van der Waals surface area contributed by atoms with Crippen molar-refractivity contribution in [3.8, 4) is 0 Å². The highest BCUT2D eigenvalue weighted by molar-refractivity contribution is 7.89. The SMILES string of the molecule is Cc1ccc(S(=O)(=O)N2CCC[C@H]2C(=O)O[C@H](C)C(=O)Nc2ccc(C(N)=O)cc2)cc1. The van der Waals surface area contributed by atoms with E-state index in [1.54, 1.807) is 12.1 Å². The van der Waals surface area contributed by atoms with Crippen LogP contribution in [0.2, 0.25) is 0 Å².